The minimum Gasteiger partial charge on any atom is -0.392 e. The fourth-order valence-corrected chi connectivity index (χ4v) is 3.05. The van der Waals surface area contributed by atoms with Crippen LogP contribution in [0.1, 0.15) is 23.6 Å². The maximum Gasteiger partial charge on any atom is 0.191 e. The fourth-order valence-electron chi connectivity index (χ4n) is 3.05. The lowest BCUT2D eigenvalue weighted by molar-refractivity contribution is 0.280. The van der Waals surface area contributed by atoms with Gasteiger partial charge >= 0.3 is 0 Å². The highest BCUT2D eigenvalue weighted by molar-refractivity contribution is 5.83. The molecular formula is C21H25FN4O. The van der Waals surface area contributed by atoms with Crippen LogP contribution in [0.2, 0.25) is 0 Å². The Morgan fingerprint density at radius 1 is 1.11 bits per heavy atom. The number of guanidine groups is 1. The van der Waals surface area contributed by atoms with E-state index in [1.165, 1.54) is 6.07 Å². The molecule has 1 heterocycles. The topological polar surface area (TPSA) is 72.4 Å². The van der Waals surface area contributed by atoms with Crippen LogP contribution in [0.4, 0.5) is 4.39 Å². The van der Waals surface area contributed by atoms with E-state index in [9.17, 15) is 9.50 Å². The minimum atomic E-state index is -0.228. The average molecular weight is 368 g/mol. The summed E-state index contributed by atoms with van der Waals surface area (Å²) in [6.07, 6.45) is 2.68. The molecule has 3 rings (SSSR count). The molecule has 27 heavy (non-hydrogen) atoms. The van der Waals surface area contributed by atoms with Gasteiger partial charge in [0.15, 0.2) is 5.96 Å². The zero-order valence-electron chi connectivity index (χ0n) is 15.4. The molecule has 1 aromatic heterocycles. The lowest BCUT2D eigenvalue weighted by atomic mass is 10.1. The quantitative estimate of drug-likeness (QED) is 0.383. The van der Waals surface area contributed by atoms with Crippen LogP contribution in [0.15, 0.2) is 53.7 Å². The second-order valence-corrected chi connectivity index (χ2v) is 6.30. The summed E-state index contributed by atoms with van der Waals surface area (Å²) in [6.45, 7) is 3.95. The van der Waals surface area contributed by atoms with Crippen LogP contribution in [0, 0.1) is 5.82 Å². The van der Waals surface area contributed by atoms with E-state index in [1.54, 1.807) is 12.1 Å². The summed E-state index contributed by atoms with van der Waals surface area (Å²) in [5.41, 5.74) is 3.90. The third-order valence-electron chi connectivity index (χ3n) is 4.46. The molecule has 6 heteroatoms. The molecule has 0 atom stereocenters. The van der Waals surface area contributed by atoms with E-state index in [0.717, 1.165) is 46.5 Å². The maximum absolute atomic E-state index is 13.5. The molecule has 4 N–H and O–H groups in total. The molecule has 0 spiro atoms. The highest BCUT2D eigenvalue weighted by Crippen LogP contribution is 2.19. The van der Waals surface area contributed by atoms with Crippen molar-refractivity contribution < 1.29 is 9.50 Å². The summed E-state index contributed by atoms with van der Waals surface area (Å²) in [7, 11) is 0. The molecule has 0 aliphatic rings. The van der Waals surface area contributed by atoms with Crippen molar-refractivity contribution in [1.82, 2.24) is 15.6 Å². The largest absolute Gasteiger partial charge is 0.392 e. The first kappa shape index (κ1) is 18.9. The van der Waals surface area contributed by atoms with Crippen LogP contribution in [0.25, 0.3) is 10.9 Å². The molecule has 0 amide bonds. The Hall–Kier alpha value is -2.86. The number of aromatic amines is 1. The van der Waals surface area contributed by atoms with Crippen molar-refractivity contribution in [3.8, 4) is 0 Å². The summed E-state index contributed by atoms with van der Waals surface area (Å²) in [5, 5.41) is 16.9. The van der Waals surface area contributed by atoms with Gasteiger partial charge in [0.1, 0.15) is 5.82 Å². The molecular weight excluding hydrogens is 343 g/mol. The third-order valence-corrected chi connectivity index (χ3v) is 4.46. The van der Waals surface area contributed by atoms with Crippen molar-refractivity contribution >= 4 is 16.9 Å². The van der Waals surface area contributed by atoms with Crippen molar-refractivity contribution in [1.29, 1.82) is 0 Å². The highest BCUT2D eigenvalue weighted by Gasteiger charge is 2.06. The molecule has 0 aliphatic carbocycles. The highest BCUT2D eigenvalue weighted by atomic mass is 19.1. The SMILES string of the molecule is CCNC(=NCc1ccccc1CO)NCCc1c[nH]c2ccc(F)cc12. The van der Waals surface area contributed by atoms with Crippen LogP contribution in [0.5, 0.6) is 0 Å². The van der Waals surface area contributed by atoms with Crippen LogP contribution in [-0.4, -0.2) is 29.1 Å². The number of nitrogens with one attached hydrogen (secondary N) is 3. The first-order chi connectivity index (χ1) is 13.2. The van der Waals surface area contributed by atoms with Crippen LogP contribution >= 0.6 is 0 Å². The van der Waals surface area contributed by atoms with Crippen LogP contribution in [0.3, 0.4) is 0 Å². The number of aliphatic hydroxyl groups is 1. The van der Waals surface area contributed by atoms with Crippen molar-refractivity contribution in [3.63, 3.8) is 0 Å². The van der Waals surface area contributed by atoms with E-state index in [4.69, 9.17) is 0 Å². The Labute approximate surface area is 158 Å². The summed E-state index contributed by atoms with van der Waals surface area (Å²) in [5.74, 6) is 0.491. The molecule has 5 nitrogen and oxygen atoms in total. The number of rotatable bonds is 7. The minimum absolute atomic E-state index is 0.00673. The van der Waals surface area contributed by atoms with Gasteiger partial charge in [0.2, 0.25) is 0 Å². The van der Waals surface area contributed by atoms with Gasteiger partial charge in [-0.25, -0.2) is 9.38 Å². The number of hydrogen-bond donors (Lipinski definition) is 4. The number of aliphatic imine (C=N–C) groups is 1. The molecule has 0 bridgehead atoms. The fraction of sp³-hybridized carbons (Fsp3) is 0.286. The number of benzene rings is 2. The Balaban J connectivity index is 1.63. The van der Waals surface area contributed by atoms with Crippen molar-refractivity contribution in [2.75, 3.05) is 13.1 Å². The maximum atomic E-state index is 13.5. The molecule has 0 fully saturated rings. The number of fused-ring (bicyclic) bond motifs is 1. The smallest absolute Gasteiger partial charge is 0.191 e. The number of aliphatic hydroxyl groups excluding tert-OH is 1. The van der Waals surface area contributed by atoms with Gasteiger partial charge in [-0.15, -0.1) is 0 Å². The lowest BCUT2D eigenvalue weighted by Gasteiger charge is -2.12. The summed E-state index contributed by atoms with van der Waals surface area (Å²) < 4.78 is 13.5. The van der Waals surface area contributed by atoms with Crippen LogP contribution < -0.4 is 10.6 Å². The zero-order valence-corrected chi connectivity index (χ0v) is 15.4. The predicted octanol–water partition coefficient (Wildman–Crippen LogP) is 3.10. The summed E-state index contributed by atoms with van der Waals surface area (Å²) >= 11 is 0. The van der Waals surface area contributed by atoms with Gasteiger partial charge in [0, 0.05) is 30.2 Å². The van der Waals surface area contributed by atoms with E-state index in [1.807, 2.05) is 37.4 Å². The average Bonchev–Trinajstić information content (AvgIpc) is 3.08. The monoisotopic (exact) mass is 368 g/mol. The molecule has 0 saturated carbocycles. The van der Waals surface area contributed by atoms with Gasteiger partial charge in [0.05, 0.1) is 13.2 Å². The van der Waals surface area contributed by atoms with E-state index in [2.05, 4.69) is 20.6 Å². The van der Waals surface area contributed by atoms with Gasteiger partial charge in [0.25, 0.3) is 0 Å². The third kappa shape index (κ3) is 4.86. The standard InChI is InChI=1S/C21H25FN4O/c1-2-23-21(26-12-15-5-3-4-6-17(15)14-27)24-10-9-16-13-25-20-8-7-18(22)11-19(16)20/h3-8,11,13,25,27H,2,9-10,12,14H2,1H3,(H2,23,24,26). The first-order valence-electron chi connectivity index (χ1n) is 9.16. The Morgan fingerprint density at radius 2 is 1.93 bits per heavy atom. The van der Waals surface area contributed by atoms with Gasteiger partial charge in [-0.1, -0.05) is 24.3 Å². The number of nitrogens with zero attached hydrogens (tertiary/aromatic N) is 1. The van der Waals surface area contributed by atoms with Crippen LogP contribution in [-0.2, 0) is 19.6 Å². The predicted molar refractivity (Wildman–Crippen MR) is 107 cm³/mol. The van der Waals surface area contributed by atoms with Gasteiger partial charge in [-0.2, -0.15) is 0 Å². The Bertz CT molecular complexity index is 919. The van der Waals surface area contributed by atoms with E-state index in [-0.39, 0.29) is 12.4 Å². The van der Waals surface area contributed by atoms with E-state index >= 15 is 0 Å². The van der Waals surface area contributed by atoms with E-state index in [0.29, 0.717) is 13.1 Å². The lowest BCUT2D eigenvalue weighted by Crippen LogP contribution is -2.38. The number of H-pyrrole nitrogens is 1. The zero-order chi connectivity index (χ0) is 19.1. The summed E-state index contributed by atoms with van der Waals surface area (Å²) in [6, 6.07) is 12.5. The second kappa shape index (κ2) is 9.19. The van der Waals surface area contributed by atoms with Gasteiger partial charge in [-0.3, -0.25) is 0 Å². The van der Waals surface area contributed by atoms with Crippen molar-refractivity contribution in [3.05, 3.63) is 71.2 Å². The Kier molecular flexibility index (Phi) is 6.44. The number of hydrogen-bond acceptors (Lipinski definition) is 2. The first-order valence-corrected chi connectivity index (χ1v) is 9.16. The molecule has 0 radical (unpaired) electrons. The normalized spacial score (nSPS) is 11.7. The molecule has 0 aliphatic heterocycles. The van der Waals surface area contributed by atoms with Crippen molar-refractivity contribution in [2.45, 2.75) is 26.5 Å². The Morgan fingerprint density at radius 3 is 2.70 bits per heavy atom. The number of halogens is 1. The molecule has 142 valence electrons. The van der Waals surface area contributed by atoms with Gasteiger partial charge < -0.3 is 20.7 Å². The van der Waals surface area contributed by atoms with E-state index < -0.39 is 0 Å². The van der Waals surface area contributed by atoms with Crippen molar-refractivity contribution in [2.24, 2.45) is 4.99 Å². The second-order valence-electron chi connectivity index (χ2n) is 6.30. The molecule has 3 aromatic rings. The summed E-state index contributed by atoms with van der Waals surface area (Å²) in [4.78, 5) is 7.78. The molecule has 2 aromatic carbocycles. The van der Waals surface area contributed by atoms with Gasteiger partial charge in [-0.05, 0) is 48.2 Å². The number of aromatic nitrogens is 1. The molecule has 0 saturated heterocycles. The molecule has 0 unspecified atom stereocenters.